The normalized spacial score (nSPS) is 15.2. The Morgan fingerprint density at radius 2 is 1.88 bits per heavy atom. The predicted molar refractivity (Wildman–Crippen MR) is 131 cm³/mol. The molecule has 4 N–H and O–H groups in total. The molecule has 2 amide bonds. The van der Waals surface area contributed by atoms with E-state index in [0.29, 0.717) is 43.9 Å². The number of aromatic nitrogens is 1. The smallest absolute Gasteiger partial charge is 0.277 e. The molecule has 1 aromatic heterocycles. The van der Waals surface area contributed by atoms with Crippen LogP contribution in [0.5, 0.6) is 0 Å². The maximum atomic E-state index is 12.8. The number of carbonyl (C=O) groups excluding carboxylic acids is 2. The van der Waals surface area contributed by atoms with E-state index in [9.17, 15) is 9.59 Å². The highest BCUT2D eigenvalue weighted by atomic mass is 16.5. The van der Waals surface area contributed by atoms with Crippen LogP contribution >= 0.6 is 0 Å². The van der Waals surface area contributed by atoms with Gasteiger partial charge in [-0.25, -0.2) is 0 Å². The lowest BCUT2D eigenvalue weighted by Crippen LogP contribution is -2.39. The average molecular weight is 462 g/mol. The summed E-state index contributed by atoms with van der Waals surface area (Å²) in [6, 6.07) is 18.1. The molecule has 8 heteroatoms. The van der Waals surface area contributed by atoms with Crippen LogP contribution in [-0.4, -0.2) is 30.1 Å². The van der Waals surface area contributed by atoms with Gasteiger partial charge in [0.25, 0.3) is 5.91 Å². The zero-order valence-electron chi connectivity index (χ0n) is 19.6. The summed E-state index contributed by atoms with van der Waals surface area (Å²) in [5.41, 5.74) is 9.61. The van der Waals surface area contributed by atoms with Gasteiger partial charge in [-0.3, -0.25) is 9.59 Å². The molecule has 0 bridgehead atoms. The Morgan fingerprint density at radius 3 is 2.53 bits per heavy atom. The SMILES string of the molecule is Cc1cc(C(=O)Nc2cc(CN[C@H](C)c3ccccc3)ccc2N2CCC(C(N)=O)CC2)no1. The van der Waals surface area contributed by atoms with E-state index in [1.807, 2.05) is 30.3 Å². The Kier molecular flexibility index (Phi) is 7.27. The molecule has 0 aliphatic carbocycles. The molecule has 0 saturated carbocycles. The highest BCUT2D eigenvalue weighted by Crippen LogP contribution is 2.31. The molecule has 1 atom stereocenters. The van der Waals surface area contributed by atoms with E-state index in [2.05, 4.69) is 45.8 Å². The van der Waals surface area contributed by atoms with Crippen molar-refractivity contribution in [3.05, 3.63) is 77.2 Å². The highest BCUT2D eigenvalue weighted by Gasteiger charge is 2.25. The number of carbonyl (C=O) groups is 2. The molecule has 0 spiro atoms. The zero-order valence-corrected chi connectivity index (χ0v) is 19.6. The molecule has 1 aliphatic heterocycles. The minimum atomic E-state index is -0.326. The van der Waals surface area contributed by atoms with Crippen molar-refractivity contribution in [1.82, 2.24) is 10.5 Å². The second-order valence-electron chi connectivity index (χ2n) is 8.81. The molecule has 2 aromatic carbocycles. The van der Waals surface area contributed by atoms with Gasteiger partial charge in [0.05, 0.1) is 11.4 Å². The van der Waals surface area contributed by atoms with Gasteiger partial charge >= 0.3 is 0 Å². The lowest BCUT2D eigenvalue weighted by atomic mass is 9.95. The number of nitrogens with one attached hydrogen (secondary N) is 2. The summed E-state index contributed by atoms with van der Waals surface area (Å²) in [6.07, 6.45) is 1.40. The summed E-state index contributed by atoms with van der Waals surface area (Å²) in [7, 11) is 0. The van der Waals surface area contributed by atoms with Crippen LogP contribution in [0.25, 0.3) is 0 Å². The first-order valence-electron chi connectivity index (χ1n) is 11.6. The molecule has 0 unspecified atom stereocenters. The summed E-state index contributed by atoms with van der Waals surface area (Å²) in [5.74, 6) is -0.0986. The Morgan fingerprint density at radius 1 is 1.15 bits per heavy atom. The van der Waals surface area contributed by atoms with Crippen LogP contribution in [-0.2, 0) is 11.3 Å². The minimum absolute atomic E-state index is 0.102. The molecule has 3 aromatic rings. The van der Waals surface area contributed by atoms with Crippen molar-refractivity contribution >= 4 is 23.2 Å². The van der Waals surface area contributed by atoms with Crippen LogP contribution in [0.15, 0.2) is 59.1 Å². The summed E-state index contributed by atoms with van der Waals surface area (Å²) in [4.78, 5) is 26.6. The molecule has 2 heterocycles. The number of piperidine rings is 1. The maximum Gasteiger partial charge on any atom is 0.277 e. The second-order valence-corrected chi connectivity index (χ2v) is 8.81. The number of aryl methyl sites for hydroxylation is 1. The average Bonchev–Trinajstić information content (AvgIpc) is 3.30. The van der Waals surface area contributed by atoms with E-state index < -0.39 is 0 Å². The van der Waals surface area contributed by atoms with Gasteiger partial charge in [-0.2, -0.15) is 0 Å². The summed E-state index contributed by atoms with van der Waals surface area (Å²) in [5, 5.41) is 10.4. The lowest BCUT2D eigenvalue weighted by Gasteiger charge is -2.33. The molecule has 0 radical (unpaired) electrons. The molecule has 34 heavy (non-hydrogen) atoms. The summed E-state index contributed by atoms with van der Waals surface area (Å²) < 4.78 is 5.06. The van der Waals surface area contributed by atoms with Gasteiger partial charge in [-0.05, 0) is 49.9 Å². The first-order valence-corrected chi connectivity index (χ1v) is 11.6. The van der Waals surface area contributed by atoms with Crippen molar-refractivity contribution in [3.63, 3.8) is 0 Å². The van der Waals surface area contributed by atoms with Crippen molar-refractivity contribution in [2.45, 2.75) is 39.3 Å². The second kappa shape index (κ2) is 10.5. The molecule has 178 valence electrons. The number of benzene rings is 2. The van der Waals surface area contributed by atoms with Gasteiger partial charge in [0.15, 0.2) is 5.69 Å². The van der Waals surface area contributed by atoms with Gasteiger partial charge in [0.1, 0.15) is 5.76 Å². The van der Waals surface area contributed by atoms with E-state index in [0.717, 1.165) is 11.3 Å². The molecule has 1 saturated heterocycles. The van der Waals surface area contributed by atoms with Crippen LogP contribution < -0.4 is 21.3 Å². The van der Waals surface area contributed by atoms with Gasteiger partial charge < -0.3 is 25.8 Å². The monoisotopic (exact) mass is 461 g/mol. The Labute approximate surface area is 199 Å². The summed E-state index contributed by atoms with van der Waals surface area (Å²) >= 11 is 0. The van der Waals surface area contributed by atoms with Crippen molar-refractivity contribution in [2.24, 2.45) is 11.7 Å². The highest BCUT2D eigenvalue weighted by molar-refractivity contribution is 6.04. The van der Waals surface area contributed by atoms with Gasteiger partial charge in [-0.1, -0.05) is 41.6 Å². The van der Waals surface area contributed by atoms with Crippen LogP contribution in [0, 0.1) is 12.8 Å². The largest absolute Gasteiger partial charge is 0.370 e. The van der Waals surface area contributed by atoms with Gasteiger partial charge in [0, 0.05) is 37.7 Å². The maximum absolute atomic E-state index is 12.8. The number of anilines is 2. The number of amides is 2. The van der Waals surface area contributed by atoms with Crippen LogP contribution in [0.1, 0.15) is 53.2 Å². The fourth-order valence-corrected chi connectivity index (χ4v) is 4.26. The van der Waals surface area contributed by atoms with E-state index in [4.69, 9.17) is 10.3 Å². The molecular weight excluding hydrogens is 430 g/mol. The van der Waals surface area contributed by atoms with Crippen molar-refractivity contribution < 1.29 is 14.1 Å². The van der Waals surface area contributed by atoms with Gasteiger partial charge in [0.2, 0.25) is 5.91 Å². The van der Waals surface area contributed by atoms with Crippen LogP contribution in [0.3, 0.4) is 0 Å². The molecule has 4 rings (SSSR count). The first-order chi connectivity index (χ1) is 16.4. The molecule has 8 nitrogen and oxygen atoms in total. The van der Waals surface area contributed by atoms with Gasteiger partial charge in [-0.15, -0.1) is 0 Å². The van der Waals surface area contributed by atoms with Crippen molar-refractivity contribution in [1.29, 1.82) is 0 Å². The van der Waals surface area contributed by atoms with E-state index in [1.165, 1.54) is 5.56 Å². The number of nitrogens with zero attached hydrogens (tertiary/aromatic N) is 2. The lowest BCUT2D eigenvalue weighted by molar-refractivity contribution is -0.122. The Balaban J connectivity index is 1.53. The quantitative estimate of drug-likeness (QED) is 0.470. The number of primary amides is 1. The standard InChI is InChI=1S/C26H31N5O3/c1-17-14-23(30-34-17)26(33)29-22-15-19(16-28-18(2)20-6-4-3-5-7-20)8-9-24(22)31-12-10-21(11-13-31)25(27)32/h3-9,14-15,18,21,28H,10-13,16H2,1-2H3,(H2,27,32)(H,29,33)/t18-/m1/s1. The van der Waals surface area contributed by atoms with Crippen molar-refractivity contribution in [2.75, 3.05) is 23.3 Å². The van der Waals surface area contributed by atoms with Crippen LogP contribution in [0.4, 0.5) is 11.4 Å². The minimum Gasteiger partial charge on any atom is -0.370 e. The molecule has 1 aliphatic rings. The molecule has 1 fully saturated rings. The summed E-state index contributed by atoms with van der Waals surface area (Å²) in [6.45, 7) is 5.91. The topological polar surface area (TPSA) is 113 Å². The number of hydrogen-bond acceptors (Lipinski definition) is 6. The number of rotatable bonds is 8. The third-order valence-corrected chi connectivity index (χ3v) is 6.32. The van der Waals surface area contributed by atoms with E-state index >= 15 is 0 Å². The number of nitrogens with two attached hydrogens (primary N) is 1. The number of hydrogen-bond donors (Lipinski definition) is 3. The Bertz CT molecular complexity index is 1140. The third-order valence-electron chi connectivity index (χ3n) is 6.32. The van der Waals surface area contributed by atoms with E-state index in [-0.39, 0.29) is 29.5 Å². The van der Waals surface area contributed by atoms with E-state index in [1.54, 1.807) is 13.0 Å². The molecular formula is C26H31N5O3. The fourth-order valence-electron chi connectivity index (χ4n) is 4.26. The van der Waals surface area contributed by atoms with Crippen LogP contribution in [0.2, 0.25) is 0 Å². The fraction of sp³-hybridized carbons (Fsp3) is 0.346. The van der Waals surface area contributed by atoms with Crippen molar-refractivity contribution in [3.8, 4) is 0 Å². The zero-order chi connectivity index (χ0) is 24.1. The predicted octanol–water partition coefficient (Wildman–Crippen LogP) is 3.79. The third kappa shape index (κ3) is 5.63. The first kappa shape index (κ1) is 23.5. The Hall–Kier alpha value is -3.65.